The fourth-order valence-corrected chi connectivity index (χ4v) is 10.7. The molecule has 23 heteroatoms. The number of rotatable bonds is 20. The number of phenols is 2. The van der Waals surface area contributed by atoms with E-state index in [0.29, 0.717) is 55.6 Å². The van der Waals surface area contributed by atoms with Gasteiger partial charge in [0.15, 0.2) is 26.4 Å². The molecule has 0 radical (unpaired) electrons. The third-order valence-electron chi connectivity index (χ3n) is 14.7. The number of benzene rings is 6. The molecular formula is C69H69N5O18. The molecule has 7 aromatic rings. The predicted octanol–water partition coefficient (Wildman–Crippen LogP) is 7.21. The van der Waals surface area contributed by atoms with Crippen LogP contribution in [0.25, 0.3) is 0 Å². The van der Waals surface area contributed by atoms with Gasteiger partial charge in [0.05, 0.1) is 26.4 Å². The molecule has 6 N–H and O–H groups in total. The summed E-state index contributed by atoms with van der Waals surface area (Å²) >= 11 is 0. The number of carbonyl (C=O) groups excluding carboxylic acids is 8. The number of pyridine rings is 1. The molecule has 6 aromatic carbocycles. The fourth-order valence-electron chi connectivity index (χ4n) is 10.7. The average molecular weight is 1260 g/mol. The topological polar surface area (TPSA) is 312 Å². The zero-order valence-electron chi connectivity index (χ0n) is 51.1. The summed E-state index contributed by atoms with van der Waals surface area (Å²) in [5, 5.41) is 32.1. The molecule has 0 fully saturated rings. The molecule has 0 saturated heterocycles. The van der Waals surface area contributed by atoms with Crippen LogP contribution >= 0.6 is 0 Å². The van der Waals surface area contributed by atoms with Gasteiger partial charge in [-0.15, -0.1) is 0 Å². The van der Waals surface area contributed by atoms with Gasteiger partial charge >= 0.3 is 23.9 Å². The summed E-state index contributed by atoms with van der Waals surface area (Å²) in [6.07, 6.45) is -0.634. The first kappa shape index (κ1) is 65.5. The number of hydrogen-bond acceptors (Lipinski definition) is 19. The number of anilines is 2. The zero-order valence-corrected chi connectivity index (χ0v) is 51.1. The van der Waals surface area contributed by atoms with Crippen molar-refractivity contribution >= 4 is 58.9 Å². The van der Waals surface area contributed by atoms with Crippen LogP contribution in [0.2, 0.25) is 0 Å². The first-order valence-corrected chi connectivity index (χ1v) is 29.9. The van der Waals surface area contributed by atoms with E-state index in [-0.39, 0.29) is 122 Å². The summed E-state index contributed by atoms with van der Waals surface area (Å²) in [5.74, 6) is -5.38. The standard InChI is InChI=1S/C69H69N5O18/c1-5-85-58(77)36-89-62-42-12-9-13-43(62)29-47-33-51-35-49(65(47)92-39-61(80)88-8-4)31-45-15-10-14-44(63(45)90-37-59(78)86-6-2)30-48-34-50(32-46(28-42)64(48)91-38-60(79)87-7-3)70-68(83)56(26-40-18-22-52(75)23-19-40)73-66(81)54-16-11-17-55(72-54)67(82)74-57(69(84)71-51)27-41-20-24-53(76)25-21-41/h9-25,32-35,56-57,75-76H,5-8,26-31,36-39H2,1-4H3,(H,70,83)(H,71,84)(H,73,81)(H,74,82). The van der Waals surface area contributed by atoms with Crippen molar-refractivity contribution in [1.29, 1.82) is 0 Å². The van der Waals surface area contributed by atoms with Gasteiger partial charge in [-0.05, 0) is 122 Å². The molecule has 23 nitrogen and oxygen atoms in total. The van der Waals surface area contributed by atoms with Crippen molar-refractivity contribution in [3.8, 4) is 34.5 Å². The molecule has 1 aromatic heterocycles. The minimum atomic E-state index is -1.38. The van der Waals surface area contributed by atoms with Crippen LogP contribution in [-0.4, -0.2) is 128 Å². The lowest BCUT2D eigenvalue weighted by molar-refractivity contribution is -0.146. The number of nitrogens with one attached hydrogen (secondary N) is 4. The Balaban J connectivity index is 1.34. The molecule has 2 atom stereocenters. The van der Waals surface area contributed by atoms with Crippen molar-refractivity contribution in [3.05, 3.63) is 194 Å². The summed E-state index contributed by atoms with van der Waals surface area (Å²) in [6, 6.07) is 30.4. The molecule has 478 valence electrons. The van der Waals surface area contributed by atoms with Crippen LogP contribution in [-0.2, 0) is 86.2 Å². The van der Waals surface area contributed by atoms with Crippen molar-refractivity contribution in [2.75, 3.05) is 63.5 Å². The molecule has 3 heterocycles. The second-order valence-corrected chi connectivity index (χ2v) is 21.3. The maximum absolute atomic E-state index is 15.2. The summed E-state index contributed by atoms with van der Waals surface area (Å²) in [6.45, 7) is 4.49. The highest BCUT2D eigenvalue weighted by molar-refractivity contribution is 6.03. The van der Waals surface area contributed by atoms with Crippen molar-refractivity contribution in [3.63, 3.8) is 0 Å². The Labute approximate surface area is 529 Å². The number of amides is 4. The molecule has 3 aliphatic rings. The van der Waals surface area contributed by atoms with E-state index in [1.807, 2.05) is 0 Å². The minimum absolute atomic E-state index is 0.0422. The van der Waals surface area contributed by atoms with Gasteiger partial charge in [-0.2, -0.15) is 0 Å². The van der Waals surface area contributed by atoms with Crippen LogP contribution in [0.1, 0.15) is 104 Å². The number of hydrogen-bond donors (Lipinski definition) is 6. The smallest absolute Gasteiger partial charge is 0.344 e. The van der Waals surface area contributed by atoms with Gasteiger partial charge in [0.2, 0.25) is 11.8 Å². The summed E-state index contributed by atoms with van der Waals surface area (Å²) in [4.78, 5) is 117. The van der Waals surface area contributed by atoms with Gasteiger partial charge in [0.1, 0.15) is 58.0 Å². The maximum atomic E-state index is 15.2. The lowest BCUT2D eigenvalue weighted by Gasteiger charge is -2.24. The normalized spacial score (nSPS) is 14.6. The fraction of sp³-hybridized carbons (Fsp3) is 0.290. The van der Waals surface area contributed by atoms with Gasteiger partial charge in [0, 0.05) is 72.2 Å². The Bertz CT molecular complexity index is 3550. The van der Waals surface area contributed by atoms with Crippen molar-refractivity contribution in [2.24, 2.45) is 0 Å². The second-order valence-electron chi connectivity index (χ2n) is 21.3. The number of aromatic nitrogens is 1. The van der Waals surface area contributed by atoms with Crippen LogP contribution < -0.4 is 40.2 Å². The first-order chi connectivity index (χ1) is 44.5. The Kier molecular flexibility index (Phi) is 22.0. The van der Waals surface area contributed by atoms with Crippen LogP contribution in [0.4, 0.5) is 11.4 Å². The highest BCUT2D eigenvalue weighted by Crippen LogP contribution is 2.41. The van der Waals surface area contributed by atoms with Crippen LogP contribution in [0.3, 0.4) is 0 Å². The molecule has 1 aliphatic carbocycles. The number of fused-ring (bicyclic) bond motifs is 8. The number of esters is 4. The lowest BCUT2D eigenvalue weighted by atomic mass is 9.90. The maximum Gasteiger partial charge on any atom is 0.344 e. The molecule has 12 bridgehead atoms. The SMILES string of the molecule is CCOC(=O)COc1c2cccc1Cc1cc3cc(c1OCC(=O)OCC)Cc1cccc(c1OCC(=O)OCC)Cc1cc(cc(c1OCC(=O)OCC)C2)NC(=O)C(Cc1ccc(O)cc1)NC(=O)c1cccc(n1)C(=O)NC(Cc1ccc(O)cc1)C(=O)N3. The van der Waals surface area contributed by atoms with Crippen LogP contribution in [0.5, 0.6) is 34.5 Å². The molecule has 92 heavy (non-hydrogen) atoms. The third kappa shape index (κ3) is 17.2. The number of para-hydroxylation sites is 2. The van der Waals surface area contributed by atoms with Gasteiger partial charge < -0.3 is 69.4 Å². The molecule has 2 unspecified atom stereocenters. The van der Waals surface area contributed by atoms with E-state index >= 15 is 9.59 Å². The Morgan fingerprint density at radius 3 is 0.989 bits per heavy atom. The van der Waals surface area contributed by atoms with E-state index in [0.717, 1.165) is 0 Å². The number of aromatic hydroxyl groups is 2. The monoisotopic (exact) mass is 1260 g/mol. The van der Waals surface area contributed by atoms with Crippen LogP contribution in [0, 0.1) is 0 Å². The lowest BCUT2D eigenvalue weighted by Crippen LogP contribution is -2.46. The van der Waals surface area contributed by atoms with Gasteiger partial charge in [-0.25, -0.2) is 24.2 Å². The van der Waals surface area contributed by atoms with E-state index in [2.05, 4.69) is 26.3 Å². The third-order valence-corrected chi connectivity index (χ3v) is 14.7. The zero-order chi connectivity index (χ0) is 65.3. The van der Waals surface area contributed by atoms with Crippen molar-refractivity contribution in [2.45, 2.75) is 78.3 Å². The van der Waals surface area contributed by atoms with E-state index in [1.54, 1.807) is 113 Å². The van der Waals surface area contributed by atoms with Gasteiger partial charge in [0.25, 0.3) is 11.8 Å². The largest absolute Gasteiger partial charge is 0.508 e. The van der Waals surface area contributed by atoms with E-state index < -0.39 is 86.0 Å². The van der Waals surface area contributed by atoms with Gasteiger partial charge in [-0.3, -0.25) is 19.2 Å². The number of carbonyl (C=O) groups is 8. The minimum Gasteiger partial charge on any atom is -0.508 e. The Morgan fingerprint density at radius 2 is 0.696 bits per heavy atom. The number of nitrogens with zero attached hydrogens (tertiary/aromatic N) is 1. The number of phenolic OH excluding ortho intramolecular Hbond substituents is 2. The molecular weight excluding hydrogens is 1190 g/mol. The average Bonchev–Trinajstić information content (AvgIpc) is 0.847. The summed E-state index contributed by atoms with van der Waals surface area (Å²) < 4.78 is 47.4. The summed E-state index contributed by atoms with van der Waals surface area (Å²) in [5.41, 5.74) is 4.08. The highest BCUT2D eigenvalue weighted by Gasteiger charge is 2.30. The highest BCUT2D eigenvalue weighted by atomic mass is 16.6. The molecule has 0 saturated carbocycles. The van der Waals surface area contributed by atoms with Crippen molar-refractivity contribution < 1.29 is 86.5 Å². The predicted molar refractivity (Wildman–Crippen MR) is 333 cm³/mol. The molecule has 4 amide bonds. The van der Waals surface area contributed by atoms with Crippen LogP contribution in [0.15, 0.2) is 127 Å². The van der Waals surface area contributed by atoms with Crippen molar-refractivity contribution in [1.82, 2.24) is 15.6 Å². The quantitative estimate of drug-likeness (QED) is 0.0324. The molecule has 2 aliphatic heterocycles. The molecule has 10 rings (SSSR count). The van der Waals surface area contributed by atoms with E-state index in [4.69, 9.17) is 37.9 Å². The first-order valence-electron chi connectivity index (χ1n) is 29.9. The second kappa shape index (κ2) is 31.0. The van der Waals surface area contributed by atoms with E-state index in [1.165, 1.54) is 42.5 Å². The molecule has 0 spiro atoms. The van der Waals surface area contributed by atoms with Gasteiger partial charge in [-0.1, -0.05) is 66.7 Å². The Hall–Kier alpha value is -11.0. The summed E-state index contributed by atoms with van der Waals surface area (Å²) in [7, 11) is 0. The Morgan fingerprint density at radius 1 is 0.413 bits per heavy atom. The number of ether oxygens (including phenoxy) is 8. The van der Waals surface area contributed by atoms with E-state index in [9.17, 15) is 39.0 Å².